The molecule has 5 fully saturated rings. The molecular formula is C40H64N2O13S. The van der Waals surface area contributed by atoms with Crippen LogP contribution in [0.2, 0.25) is 0 Å². The van der Waals surface area contributed by atoms with Crippen molar-refractivity contribution in [1.82, 2.24) is 10.0 Å². The van der Waals surface area contributed by atoms with Crippen molar-refractivity contribution in [3.05, 3.63) is 30.3 Å². The Labute approximate surface area is 332 Å². The van der Waals surface area contributed by atoms with Gasteiger partial charge in [0.15, 0.2) is 29.9 Å². The number of carbonyl (C=O) groups excluding carboxylic acids is 1. The average molecular weight is 813 g/mol. The molecule has 5 heterocycles. The summed E-state index contributed by atoms with van der Waals surface area (Å²) in [4.78, 5) is 13.5. The van der Waals surface area contributed by atoms with Crippen molar-refractivity contribution >= 4 is 16.1 Å². The highest BCUT2D eigenvalue weighted by Gasteiger charge is 2.61. The number of benzene rings is 1. The van der Waals surface area contributed by atoms with Gasteiger partial charge in [-0.05, 0) is 60.1 Å². The first kappa shape index (κ1) is 43.6. The van der Waals surface area contributed by atoms with Crippen molar-refractivity contribution < 1.29 is 60.6 Å². The number of amides is 2. The van der Waals surface area contributed by atoms with Gasteiger partial charge in [-0.2, -0.15) is 0 Å². The first-order valence-electron chi connectivity index (χ1n) is 20.5. The molecule has 318 valence electrons. The van der Waals surface area contributed by atoms with Gasteiger partial charge < -0.3 is 52.7 Å². The molecule has 1 aromatic carbocycles. The fourth-order valence-electron chi connectivity index (χ4n) is 8.12. The van der Waals surface area contributed by atoms with Crippen LogP contribution in [0.15, 0.2) is 35.2 Å². The number of fused-ring (bicyclic) bond motifs is 2. The molecule has 0 radical (unpaired) electrons. The van der Waals surface area contributed by atoms with E-state index in [4.69, 9.17) is 47.4 Å². The normalized spacial score (nSPS) is 33.3. The summed E-state index contributed by atoms with van der Waals surface area (Å²) in [6.45, 7) is 13.7. The fourth-order valence-corrected chi connectivity index (χ4v) is 9.06. The van der Waals surface area contributed by atoms with Crippen LogP contribution in [-0.4, -0.2) is 113 Å². The molecule has 15 nitrogen and oxygen atoms in total. The van der Waals surface area contributed by atoms with Crippen LogP contribution in [0.25, 0.3) is 0 Å². The number of unbranched alkanes of at least 4 members (excludes halogenated alkanes) is 9. The van der Waals surface area contributed by atoms with Crippen molar-refractivity contribution in [2.45, 2.75) is 196 Å². The number of hydrogen-bond acceptors (Lipinski definition) is 13. The van der Waals surface area contributed by atoms with Gasteiger partial charge in [-0.1, -0.05) is 82.9 Å². The maximum Gasteiger partial charge on any atom is 0.329 e. The Morgan fingerprint density at radius 1 is 0.750 bits per heavy atom. The van der Waals surface area contributed by atoms with E-state index in [1.807, 2.05) is 27.7 Å². The first-order valence-corrected chi connectivity index (χ1v) is 22.0. The van der Waals surface area contributed by atoms with Gasteiger partial charge >= 0.3 is 6.03 Å². The number of hydrogen-bond donors (Lipinski definition) is 2. The van der Waals surface area contributed by atoms with E-state index in [-0.39, 0.29) is 11.5 Å². The van der Waals surface area contributed by atoms with Crippen LogP contribution >= 0.6 is 0 Å². The Bertz CT molecular complexity index is 1530. The Hall–Kier alpha value is -1.96. The van der Waals surface area contributed by atoms with Crippen LogP contribution in [0, 0.1) is 0 Å². The molecule has 16 heteroatoms. The smallest absolute Gasteiger partial charge is 0.329 e. The summed E-state index contributed by atoms with van der Waals surface area (Å²) in [5, 5.41) is 2.80. The second kappa shape index (κ2) is 18.5. The third-order valence-electron chi connectivity index (χ3n) is 10.7. The summed E-state index contributed by atoms with van der Waals surface area (Å²) in [6, 6.07) is 5.72. The lowest BCUT2D eigenvalue weighted by Gasteiger charge is -2.32. The highest BCUT2D eigenvalue weighted by Crippen LogP contribution is 2.44. The van der Waals surface area contributed by atoms with Crippen LogP contribution in [0.5, 0.6) is 0 Å². The molecule has 10 atom stereocenters. The maximum atomic E-state index is 13.5. The zero-order chi connectivity index (χ0) is 40.1. The van der Waals surface area contributed by atoms with E-state index in [9.17, 15) is 13.2 Å². The molecule has 2 N–H and O–H groups in total. The van der Waals surface area contributed by atoms with Gasteiger partial charge in [0.25, 0.3) is 10.0 Å². The molecule has 10 unspecified atom stereocenters. The lowest BCUT2D eigenvalue weighted by Crippen LogP contribution is -2.56. The summed E-state index contributed by atoms with van der Waals surface area (Å²) in [7, 11) is -4.20. The minimum atomic E-state index is -4.20. The highest BCUT2D eigenvalue weighted by molar-refractivity contribution is 7.90. The second-order valence-corrected chi connectivity index (χ2v) is 18.5. The maximum absolute atomic E-state index is 13.5. The van der Waals surface area contributed by atoms with E-state index in [0.717, 1.165) is 19.3 Å². The lowest BCUT2D eigenvalue weighted by atomic mass is 10.0. The summed E-state index contributed by atoms with van der Waals surface area (Å²) < 4.78 is 91.1. The van der Waals surface area contributed by atoms with E-state index in [1.165, 1.54) is 57.1 Å². The molecule has 56 heavy (non-hydrogen) atoms. The third-order valence-corrected chi connectivity index (χ3v) is 12.1. The van der Waals surface area contributed by atoms with Crippen molar-refractivity contribution in [1.29, 1.82) is 0 Å². The highest BCUT2D eigenvalue weighted by atomic mass is 32.2. The topological polar surface area (TPSA) is 168 Å². The summed E-state index contributed by atoms with van der Waals surface area (Å²) in [6.07, 6.45) is 5.82. The van der Waals surface area contributed by atoms with Crippen LogP contribution in [-0.2, 0) is 57.4 Å². The third kappa shape index (κ3) is 11.2. The molecule has 6 rings (SSSR count). The Morgan fingerprint density at radius 3 is 2.04 bits per heavy atom. The minimum Gasteiger partial charge on any atom is -0.372 e. The molecule has 0 aromatic heterocycles. The monoisotopic (exact) mass is 812 g/mol. The zero-order valence-electron chi connectivity index (χ0n) is 34.1. The predicted molar refractivity (Wildman–Crippen MR) is 203 cm³/mol. The minimum absolute atomic E-state index is 0.0601. The number of nitrogens with one attached hydrogen (secondary N) is 2. The van der Waals surface area contributed by atoms with Crippen LogP contribution < -0.4 is 10.0 Å². The standard InChI is InChI=1S/C40H64N2O13S/c1-8-9-10-11-12-13-14-15-16-20-23-46-31-29(49-36-33(31)53-40(6,7)55-36)27(41-37(43)42-56(44,45)26-21-18-17-19-22-26)24-47-35-34-32(52-39(4,5)54-34)30(50-35)28-25-48-38(2,3)51-28/h17-19,21-22,27-36H,8-16,20,23-25H2,1-7H3,(H2,41,42,43). The molecule has 5 saturated heterocycles. The van der Waals surface area contributed by atoms with Crippen molar-refractivity contribution in [2.75, 3.05) is 19.8 Å². The number of carbonyl (C=O) groups is 1. The Morgan fingerprint density at radius 2 is 1.38 bits per heavy atom. The van der Waals surface area contributed by atoms with Gasteiger partial charge in [0.2, 0.25) is 0 Å². The van der Waals surface area contributed by atoms with Gasteiger partial charge in [0.05, 0.1) is 24.2 Å². The quantitative estimate of drug-likeness (QED) is 0.156. The van der Waals surface area contributed by atoms with Gasteiger partial charge in [-0.25, -0.2) is 17.9 Å². The van der Waals surface area contributed by atoms with Gasteiger partial charge in [0.1, 0.15) is 42.7 Å². The molecule has 0 spiro atoms. The number of ether oxygens (including phenoxy) is 10. The van der Waals surface area contributed by atoms with E-state index >= 15 is 0 Å². The summed E-state index contributed by atoms with van der Waals surface area (Å²) >= 11 is 0. The SMILES string of the molecule is CCCCCCCCCCCCOC1C(C(COC2OC(C3COC(C)(C)O3)C3OC(C)(C)OC23)NC(=O)NS(=O)(=O)c2ccccc2)OC2OC(C)(C)OC21. The molecule has 0 aliphatic carbocycles. The van der Waals surface area contributed by atoms with Crippen molar-refractivity contribution in [2.24, 2.45) is 0 Å². The van der Waals surface area contributed by atoms with Crippen LogP contribution in [0.1, 0.15) is 113 Å². The van der Waals surface area contributed by atoms with Crippen molar-refractivity contribution in [3.8, 4) is 0 Å². The van der Waals surface area contributed by atoms with Gasteiger partial charge in [0, 0.05) is 6.61 Å². The van der Waals surface area contributed by atoms with Gasteiger partial charge in [-0.3, -0.25) is 0 Å². The molecule has 0 bridgehead atoms. The average Bonchev–Trinajstić information content (AvgIpc) is 3.90. The number of urea groups is 1. The Balaban J connectivity index is 1.15. The van der Waals surface area contributed by atoms with E-state index in [0.29, 0.717) is 13.2 Å². The lowest BCUT2D eigenvalue weighted by molar-refractivity contribution is -0.253. The molecule has 5 aliphatic rings. The largest absolute Gasteiger partial charge is 0.372 e. The van der Waals surface area contributed by atoms with E-state index in [1.54, 1.807) is 32.0 Å². The number of sulfonamides is 1. The molecule has 2 amide bonds. The molecule has 0 saturated carbocycles. The summed E-state index contributed by atoms with van der Waals surface area (Å²) in [5.41, 5.74) is 0. The number of rotatable bonds is 20. The predicted octanol–water partition coefficient (Wildman–Crippen LogP) is 5.64. The van der Waals surface area contributed by atoms with E-state index in [2.05, 4.69) is 17.0 Å². The van der Waals surface area contributed by atoms with Crippen molar-refractivity contribution in [3.63, 3.8) is 0 Å². The van der Waals surface area contributed by atoms with Crippen LogP contribution in [0.4, 0.5) is 4.79 Å². The van der Waals surface area contributed by atoms with Gasteiger partial charge in [-0.15, -0.1) is 0 Å². The summed E-state index contributed by atoms with van der Waals surface area (Å²) in [5.74, 6) is -2.63. The Kier molecular flexibility index (Phi) is 14.4. The molecule has 1 aromatic rings. The molecular weight excluding hydrogens is 749 g/mol. The van der Waals surface area contributed by atoms with Crippen LogP contribution in [0.3, 0.4) is 0 Å². The second-order valence-electron chi connectivity index (χ2n) is 16.8. The molecule has 5 aliphatic heterocycles. The zero-order valence-corrected chi connectivity index (χ0v) is 34.9. The van der Waals surface area contributed by atoms with E-state index < -0.39 is 94.8 Å². The fraction of sp³-hybridized carbons (Fsp3) is 0.825. The first-order chi connectivity index (χ1) is 26.6.